The van der Waals surface area contributed by atoms with E-state index in [1.165, 1.54) is 6.07 Å². The van der Waals surface area contributed by atoms with Gasteiger partial charge in [-0.25, -0.2) is 4.39 Å². The quantitative estimate of drug-likeness (QED) is 0.474. The third-order valence-electron chi connectivity index (χ3n) is 3.84. The lowest BCUT2D eigenvalue weighted by Gasteiger charge is -2.07. The Morgan fingerprint density at radius 3 is 2.52 bits per heavy atom. The zero-order valence-corrected chi connectivity index (χ0v) is 14.6. The molecule has 0 saturated heterocycles. The van der Waals surface area contributed by atoms with E-state index in [0.29, 0.717) is 0 Å². The van der Waals surface area contributed by atoms with E-state index >= 15 is 0 Å². The maximum absolute atomic E-state index is 14.0. The number of allylic oxidation sites excluding steroid dienone is 1. The number of hydrogen-bond donors (Lipinski definition) is 1. The highest BCUT2D eigenvalue weighted by molar-refractivity contribution is 5.66. The van der Waals surface area contributed by atoms with Crippen LogP contribution < -0.4 is 4.74 Å². The molecule has 2 aromatic carbocycles. The van der Waals surface area contributed by atoms with Gasteiger partial charge in [0.25, 0.3) is 0 Å². The summed E-state index contributed by atoms with van der Waals surface area (Å²) in [5.74, 6) is -0.137. The number of halogens is 1. The highest BCUT2D eigenvalue weighted by atomic mass is 19.1. The van der Waals surface area contributed by atoms with Crippen molar-refractivity contribution in [2.45, 2.75) is 32.3 Å². The van der Waals surface area contributed by atoms with Gasteiger partial charge in [-0.05, 0) is 55.0 Å². The van der Waals surface area contributed by atoms with Crippen molar-refractivity contribution in [1.29, 1.82) is 0 Å². The molecule has 0 radical (unpaired) electrons. The second kappa shape index (κ2) is 9.80. The standard InChI is InChI=1S/C22H25FO2/c1-3-15-25-22-14-13-20(16-21(22)23)19-11-9-18(10-12-19)8-6-4-5-7-17(2)24/h3,6,8-14,16-17,24H,1,4-5,7,15H2,2H3. The van der Waals surface area contributed by atoms with Gasteiger partial charge < -0.3 is 9.84 Å². The summed E-state index contributed by atoms with van der Waals surface area (Å²) in [4.78, 5) is 0. The first kappa shape index (κ1) is 18.9. The first-order valence-electron chi connectivity index (χ1n) is 8.58. The van der Waals surface area contributed by atoms with Gasteiger partial charge in [0, 0.05) is 0 Å². The fourth-order valence-electron chi connectivity index (χ4n) is 2.48. The molecule has 2 aromatic rings. The molecule has 2 nitrogen and oxygen atoms in total. The minimum atomic E-state index is -0.374. The summed E-state index contributed by atoms with van der Waals surface area (Å²) in [6, 6.07) is 13.0. The van der Waals surface area contributed by atoms with Crippen molar-refractivity contribution in [1.82, 2.24) is 0 Å². The van der Waals surface area contributed by atoms with Crippen molar-refractivity contribution in [2.75, 3.05) is 6.61 Å². The molecular weight excluding hydrogens is 315 g/mol. The van der Waals surface area contributed by atoms with Crippen LogP contribution in [0.4, 0.5) is 4.39 Å². The SMILES string of the molecule is C=CCOc1ccc(-c2ccc(C=CCCCC(C)O)cc2)cc1F. The third kappa shape index (κ3) is 6.20. The molecule has 0 amide bonds. The zero-order valence-electron chi connectivity index (χ0n) is 14.6. The van der Waals surface area contributed by atoms with E-state index in [1.807, 2.05) is 37.3 Å². The van der Waals surface area contributed by atoms with Gasteiger partial charge >= 0.3 is 0 Å². The Bertz CT molecular complexity index is 702. The Kier molecular flexibility index (Phi) is 7.42. The summed E-state index contributed by atoms with van der Waals surface area (Å²) < 4.78 is 19.3. The van der Waals surface area contributed by atoms with Crippen LogP contribution in [0.5, 0.6) is 5.75 Å². The molecule has 1 unspecified atom stereocenters. The lowest BCUT2D eigenvalue weighted by Crippen LogP contribution is -1.97. The smallest absolute Gasteiger partial charge is 0.165 e. The van der Waals surface area contributed by atoms with Crippen molar-refractivity contribution in [2.24, 2.45) is 0 Å². The summed E-state index contributed by atoms with van der Waals surface area (Å²) in [5.41, 5.74) is 2.88. The zero-order chi connectivity index (χ0) is 18.1. The Labute approximate surface area is 149 Å². The van der Waals surface area contributed by atoms with Gasteiger partial charge in [-0.3, -0.25) is 0 Å². The number of unbranched alkanes of at least 4 members (excludes halogenated alkanes) is 1. The van der Waals surface area contributed by atoms with Crippen LogP contribution in [0.25, 0.3) is 17.2 Å². The first-order valence-corrected chi connectivity index (χ1v) is 8.58. The van der Waals surface area contributed by atoms with Crippen LogP contribution in [0.3, 0.4) is 0 Å². The average molecular weight is 340 g/mol. The fourth-order valence-corrected chi connectivity index (χ4v) is 2.48. The van der Waals surface area contributed by atoms with Crippen LogP contribution in [-0.4, -0.2) is 17.8 Å². The molecule has 0 aliphatic heterocycles. The van der Waals surface area contributed by atoms with Crippen molar-refractivity contribution in [3.05, 3.63) is 72.6 Å². The van der Waals surface area contributed by atoms with Crippen molar-refractivity contribution in [3.8, 4) is 16.9 Å². The lowest BCUT2D eigenvalue weighted by molar-refractivity contribution is 0.182. The lowest BCUT2D eigenvalue weighted by atomic mass is 10.0. The van der Waals surface area contributed by atoms with Gasteiger partial charge in [0.1, 0.15) is 6.61 Å². The van der Waals surface area contributed by atoms with Gasteiger partial charge in [-0.1, -0.05) is 55.1 Å². The number of rotatable bonds is 9. The van der Waals surface area contributed by atoms with Crippen molar-refractivity contribution < 1.29 is 14.2 Å². The minimum Gasteiger partial charge on any atom is -0.486 e. The van der Waals surface area contributed by atoms with E-state index in [1.54, 1.807) is 12.1 Å². The van der Waals surface area contributed by atoms with Gasteiger partial charge in [-0.2, -0.15) is 0 Å². The second-order valence-corrected chi connectivity index (χ2v) is 6.05. The van der Waals surface area contributed by atoms with E-state index < -0.39 is 0 Å². The van der Waals surface area contributed by atoms with Crippen LogP contribution in [0.1, 0.15) is 31.7 Å². The topological polar surface area (TPSA) is 29.5 Å². The predicted molar refractivity (Wildman–Crippen MR) is 102 cm³/mol. The summed E-state index contributed by atoms with van der Waals surface area (Å²) in [5, 5.41) is 9.22. The molecule has 0 aromatic heterocycles. The van der Waals surface area contributed by atoms with Crippen molar-refractivity contribution >= 4 is 6.08 Å². The van der Waals surface area contributed by atoms with E-state index in [-0.39, 0.29) is 24.3 Å². The van der Waals surface area contributed by atoms with Crippen LogP contribution in [-0.2, 0) is 0 Å². The van der Waals surface area contributed by atoms with Gasteiger partial charge in [-0.15, -0.1) is 0 Å². The first-order chi connectivity index (χ1) is 12.1. The van der Waals surface area contributed by atoms with E-state index in [0.717, 1.165) is 36.0 Å². The van der Waals surface area contributed by atoms with Crippen LogP contribution >= 0.6 is 0 Å². The van der Waals surface area contributed by atoms with E-state index in [4.69, 9.17) is 4.74 Å². The molecule has 132 valence electrons. The molecule has 0 heterocycles. The predicted octanol–water partition coefficient (Wildman–Crippen LogP) is 5.62. The minimum absolute atomic E-state index is 0.235. The molecule has 2 rings (SSSR count). The Hall–Kier alpha value is -2.39. The molecular formula is C22H25FO2. The third-order valence-corrected chi connectivity index (χ3v) is 3.84. The molecule has 1 N–H and O–H groups in total. The Balaban J connectivity index is 1.98. The Morgan fingerprint density at radius 2 is 1.88 bits per heavy atom. The van der Waals surface area contributed by atoms with Gasteiger partial charge in [0.15, 0.2) is 11.6 Å². The number of benzene rings is 2. The van der Waals surface area contributed by atoms with Crippen molar-refractivity contribution in [3.63, 3.8) is 0 Å². The van der Waals surface area contributed by atoms with Gasteiger partial charge in [0.2, 0.25) is 0 Å². The molecule has 0 aliphatic carbocycles. The summed E-state index contributed by atoms with van der Waals surface area (Å²) in [7, 11) is 0. The molecule has 0 spiro atoms. The maximum atomic E-state index is 14.0. The molecule has 0 bridgehead atoms. The number of aliphatic hydroxyl groups excluding tert-OH is 1. The molecule has 0 aliphatic rings. The highest BCUT2D eigenvalue weighted by Gasteiger charge is 2.06. The molecule has 3 heteroatoms. The van der Waals surface area contributed by atoms with Crippen LogP contribution in [0, 0.1) is 5.82 Å². The summed E-state index contributed by atoms with van der Waals surface area (Å²) in [6.45, 7) is 5.65. The average Bonchev–Trinajstić information content (AvgIpc) is 2.60. The second-order valence-electron chi connectivity index (χ2n) is 6.05. The van der Waals surface area contributed by atoms with E-state index in [9.17, 15) is 9.50 Å². The summed E-state index contributed by atoms with van der Waals surface area (Å²) >= 11 is 0. The van der Waals surface area contributed by atoms with E-state index in [2.05, 4.69) is 18.7 Å². The number of aliphatic hydroxyl groups is 1. The normalized spacial score (nSPS) is 12.3. The summed E-state index contributed by atoms with van der Waals surface area (Å²) in [6.07, 6.45) is 8.28. The molecule has 0 fully saturated rings. The maximum Gasteiger partial charge on any atom is 0.165 e. The number of hydrogen-bond acceptors (Lipinski definition) is 2. The largest absolute Gasteiger partial charge is 0.486 e. The van der Waals surface area contributed by atoms with Crippen LogP contribution in [0.2, 0.25) is 0 Å². The molecule has 25 heavy (non-hydrogen) atoms. The fraction of sp³-hybridized carbons (Fsp3) is 0.273. The van der Waals surface area contributed by atoms with Gasteiger partial charge in [0.05, 0.1) is 6.10 Å². The highest BCUT2D eigenvalue weighted by Crippen LogP contribution is 2.26. The number of ether oxygens (including phenoxy) is 1. The van der Waals surface area contributed by atoms with Crippen LogP contribution in [0.15, 0.2) is 61.2 Å². The monoisotopic (exact) mass is 340 g/mol. The Morgan fingerprint density at radius 1 is 1.16 bits per heavy atom. The molecule has 1 atom stereocenters. The molecule has 0 saturated carbocycles.